The van der Waals surface area contributed by atoms with Crippen molar-refractivity contribution < 1.29 is 9.18 Å². The standard InChI is InChI=1S/C27H24FN3O2/c1-20(31-26(32)17-16-25(29-31)23-12-14-24(28)15-13-23)27(33)30(18-21-8-4-2-5-9-21)19-22-10-6-3-7-11-22/h2-17,20H,18-19H2,1H3. The van der Waals surface area contributed by atoms with Crippen LogP contribution in [0, 0.1) is 5.82 Å². The van der Waals surface area contributed by atoms with Gasteiger partial charge >= 0.3 is 0 Å². The predicted molar refractivity (Wildman–Crippen MR) is 126 cm³/mol. The SMILES string of the molecule is CC(C(=O)N(Cc1ccccc1)Cc1ccccc1)n1nc(-c2ccc(F)cc2)ccc1=O. The number of carbonyl (C=O) groups excluding carboxylic acids is 1. The van der Waals surface area contributed by atoms with Crippen LogP contribution in [0.2, 0.25) is 0 Å². The van der Waals surface area contributed by atoms with E-state index < -0.39 is 6.04 Å². The van der Waals surface area contributed by atoms with E-state index in [1.165, 1.54) is 22.9 Å². The highest BCUT2D eigenvalue weighted by atomic mass is 19.1. The molecule has 0 aliphatic carbocycles. The zero-order valence-corrected chi connectivity index (χ0v) is 18.3. The van der Waals surface area contributed by atoms with E-state index in [0.29, 0.717) is 24.3 Å². The molecule has 0 fully saturated rings. The Hall–Kier alpha value is -4.06. The van der Waals surface area contributed by atoms with E-state index in [0.717, 1.165) is 11.1 Å². The lowest BCUT2D eigenvalue weighted by Crippen LogP contribution is -2.39. The second kappa shape index (κ2) is 10.0. The number of benzene rings is 3. The summed E-state index contributed by atoms with van der Waals surface area (Å²) in [5.74, 6) is -0.568. The lowest BCUT2D eigenvalue weighted by molar-refractivity contribution is -0.136. The van der Waals surface area contributed by atoms with Gasteiger partial charge in [0.2, 0.25) is 5.91 Å². The van der Waals surface area contributed by atoms with Crippen LogP contribution in [0.15, 0.2) is 102 Å². The van der Waals surface area contributed by atoms with E-state index in [4.69, 9.17) is 0 Å². The van der Waals surface area contributed by atoms with Crippen molar-refractivity contribution in [2.45, 2.75) is 26.1 Å². The van der Waals surface area contributed by atoms with Crippen LogP contribution in [0.25, 0.3) is 11.3 Å². The Bertz CT molecular complexity index is 1230. The first-order chi connectivity index (χ1) is 16.0. The van der Waals surface area contributed by atoms with Crippen LogP contribution in [0.5, 0.6) is 0 Å². The van der Waals surface area contributed by atoms with Gasteiger partial charge in [0.15, 0.2) is 0 Å². The lowest BCUT2D eigenvalue weighted by Gasteiger charge is -2.26. The third kappa shape index (κ3) is 5.41. The van der Waals surface area contributed by atoms with Gasteiger partial charge in [-0.15, -0.1) is 0 Å². The lowest BCUT2D eigenvalue weighted by atomic mass is 10.1. The Morgan fingerprint density at radius 1 is 0.848 bits per heavy atom. The van der Waals surface area contributed by atoms with Gasteiger partial charge in [0.05, 0.1) is 5.69 Å². The van der Waals surface area contributed by atoms with Crippen molar-refractivity contribution in [2.24, 2.45) is 0 Å². The second-order valence-corrected chi connectivity index (χ2v) is 7.85. The minimum Gasteiger partial charge on any atom is -0.332 e. The minimum atomic E-state index is -0.815. The van der Waals surface area contributed by atoms with Crippen LogP contribution in [0.1, 0.15) is 24.1 Å². The van der Waals surface area contributed by atoms with Gasteiger partial charge in [-0.1, -0.05) is 60.7 Å². The molecule has 1 aromatic heterocycles. The summed E-state index contributed by atoms with van der Waals surface area (Å²) in [6.45, 7) is 2.49. The summed E-state index contributed by atoms with van der Waals surface area (Å²) in [7, 11) is 0. The summed E-state index contributed by atoms with van der Waals surface area (Å²) in [5, 5.41) is 4.42. The van der Waals surface area contributed by atoms with Crippen molar-refractivity contribution in [3.63, 3.8) is 0 Å². The van der Waals surface area contributed by atoms with Crippen molar-refractivity contribution in [3.05, 3.63) is 124 Å². The molecule has 6 heteroatoms. The van der Waals surface area contributed by atoms with Crippen LogP contribution in [0.4, 0.5) is 4.39 Å². The monoisotopic (exact) mass is 441 g/mol. The van der Waals surface area contributed by atoms with Crippen LogP contribution < -0.4 is 5.56 Å². The van der Waals surface area contributed by atoms with Gasteiger partial charge < -0.3 is 4.90 Å². The molecular formula is C27H24FN3O2. The smallest absolute Gasteiger partial charge is 0.267 e. The molecule has 1 heterocycles. The summed E-state index contributed by atoms with van der Waals surface area (Å²) in [4.78, 5) is 27.9. The average molecular weight is 442 g/mol. The van der Waals surface area contributed by atoms with Crippen molar-refractivity contribution in [1.82, 2.24) is 14.7 Å². The zero-order valence-electron chi connectivity index (χ0n) is 18.3. The van der Waals surface area contributed by atoms with E-state index >= 15 is 0 Å². The molecule has 0 radical (unpaired) electrons. The molecule has 1 unspecified atom stereocenters. The molecular weight excluding hydrogens is 417 g/mol. The molecule has 166 valence electrons. The highest BCUT2D eigenvalue weighted by Gasteiger charge is 2.24. The third-order valence-electron chi connectivity index (χ3n) is 5.43. The predicted octanol–water partition coefficient (Wildman–Crippen LogP) is 4.84. The highest BCUT2D eigenvalue weighted by Crippen LogP contribution is 2.19. The average Bonchev–Trinajstić information content (AvgIpc) is 2.85. The Morgan fingerprint density at radius 2 is 1.39 bits per heavy atom. The maximum Gasteiger partial charge on any atom is 0.267 e. The van der Waals surface area contributed by atoms with E-state index in [-0.39, 0.29) is 17.3 Å². The van der Waals surface area contributed by atoms with Crippen molar-refractivity contribution in [2.75, 3.05) is 0 Å². The molecule has 33 heavy (non-hydrogen) atoms. The fourth-order valence-electron chi connectivity index (χ4n) is 3.67. The van der Waals surface area contributed by atoms with Crippen molar-refractivity contribution in [3.8, 4) is 11.3 Å². The summed E-state index contributed by atoms with van der Waals surface area (Å²) < 4.78 is 14.5. The van der Waals surface area contributed by atoms with E-state index in [9.17, 15) is 14.0 Å². The molecule has 1 amide bonds. The van der Waals surface area contributed by atoms with Crippen molar-refractivity contribution in [1.29, 1.82) is 0 Å². The molecule has 0 N–H and O–H groups in total. The number of hydrogen-bond acceptors (Lipinski definition) is 3. The van der Waals surface area contributed by atoms with E-state index in [2.05, 4.69) is 5.10 Å². The molecule has 0 spiro atoms. The summed E-state index contributed by atoms with van der Waals surface area (Å²) in [6.07, 6.45) is 0. The van der Waals surface area contributed by atoms with Crippen LogP contribution in [-0.2, 0) is 17.9 Å². The maximum atomic E-state index is 13.6. The van der Waals surface area contributed by atoms with Gasteiger partial charge in [-0.25, -0.2) is 9.07 Å². The number of amides is 1. The van der Waals surface area contributed by atoms with Crippen molar-refractivity contribution >= 4 is 5.91 Å². The molecule has 0 bridgehead atoms. The Balaban J connectivity index is 1.64. The largest absolute Gasteiger partial charge is 0.332 e. The molecule has 0 saturated carbocycles. The fourth-order valence-corrected chi connectivity index (χ4v) is 3.67. The topological polar surface area (TPSA) is 55.2 Å². The van der Waals surface area contributed by atoms with Gasteiger partial charge in [0, 0.05) is 24.7 Å². The number of hydrogen-bond donors (Lipinski definition) is 0. The first kappa shape index (κ1) is 22.1. The normalized spacial score (nSPS) is 11.7. The molecule has 1 atom stereocenters. The minimum absolute atomic E-state index is 0.214. The zero-order chi connectivity index (χ0) is 23.2. The third-order valence-corrected chi connectivity index (χ3v) is 5.43. The van der Waals surface area contributed by atoms with Gasteiger partial charge in [0.1, 0.15) is 11.9 Å². The molecule has 0 aliphatic heterocycles. The van der Waals surface area contributed by atoms with E-state index in [1.54, 1.807) is 30.0 Å². The van der Waals surface area contributed by atoms with Gasteiger partial charge in [0.25, 0.3) is 5.56 Å². The quantitative estimate of drug-likeness (QED) is 0.412. The van der Waals surface area contributed by atoms with E-state index in [1.807, 2.05) is 60.7 Å². The summed E-state index contributed by atoms with van der Waals surface area (Å²) in [5.41, 5.74) is 2.77. The molecule has 4 rings (SSSR count). The maximum absolute atomic E-state index is 13.6. The Kier molecular flexibility index (Phi) is 6.74. The highest BCUT2D eigenvalue weighted by molar-refractivity contribution is 5.80. The van der Waals surface area contributed by atoms with Gasteiger partial charge in [-0.2, -0.15) is 5.10 Å². The fraction of sp³-hybridized carbons (Fsp3) is 0.148. The number of halogens is 1. The number of rotatable bonds is 7. The summed E-state index contributed by atoms with van der Waals surface area (Å²) in [6, 6.07) is 27.5. The Labute approximate surface area is 191 Å². The molecule has 3 aromatic carbocycles. The number of nitrogens with zero attached hydrogens (tertiary/aromatic N) is 3. The summed E-state index contributed by atoms with van der Waals surface area (Å²) >= 11 is 0. The molecule has 0 aliphatic rings. The Morgan fingerprint density at radius 3 is 1.94 bits per heavy atom. The first-order valence-electron chi connectivity index (χ1n) is 10.7. The van der Waals surface area contributed by atoms with Crippen LogP contribution >= 0.6 is 0 Å². The molecule has 5 nitrogen and oxygen atoms in total. The van der Waals surface area contributed by atoms with Crippen LogP contribution in [-0.4, -0.2) is 20.6 Å². The van der Waals surface area contributed by atoms with Crippen LogP contribution in [0.3, 0.4) is 0 Å². The second-order valence-electron chi connectivity index (χ2n) is 7.85. The number of carbonyl (C=O) groups is 1. The van der Waals surface area contributed by atoms with Gasteiger partial charge in [-0.05, 0) is 48.4 Å². The molecule has 0 saturated heterocycles. The number of aromatic nitrogens is 2. The first-order valence-corrected chi connectivity index (χ1v) is 10.7. The molecule has 4 aromatic rings. The van der Waals surface area contributed by atoms with Gasteiger partial charge in [-0.3, -0.25) is 9.59 Å².